The average Bonchev–Trinajstić information content (AvgIpc) is 3.40. The SMILES string of the molecule is CC(C)(c1ccc(CN2CCCCC[C@](O)(C(F)(F)F)c3nnc(o3)-c3nc(c(C(F)(F)F)cc3N)C2=O)cc1)C(F)(F)F. The number of hydrogen-bond donors (Lipinski definition) is 2. The van der Waals surface area contributed by atoms with Crippen LogP contribution in [-0.2, 0) is 23.7 Å². The van der Waals surface area contributed by atoms with Gasteiger partial charge in [-0.3, -0.25) is 4.79 Å². The number of carbonyl (C=O) groups is 1. The number of hydrogen-bond acceptors (Lipinski definition) is 7. The number of nitrogen functional groups attached to an aromatic ring is 1. The Hall–Kier alpha value is -3.89. The van der Waals surface area contributed by atoms with E-state index in [1.165, 1.54) is 24.3 Å². The monoisotopic (exact) mass is 639 g/mol. The van der Waals surface area contributed by atoms with E-state index in [-0.39, 0.29) is 43.5 Å². The molecule has 3 heterocycles. The van der Waals surface area contributed by atoms with Crippen molar-refractivity contribution in [1.29, 1.82) is 0 Å². The van der Waals surface area contributed by atoms with Crippen LogP contribution >= 0.6 is 0 Å². The summed E-state index contributed by atoms with van der Waals surface area (Å²) in [6.07, 6.45) is -16.2. The number of fused-ring (bicyclic) bond motifs is 5. The van der Waals surface area contributed by atoms with Gasteiger partial charge in [-0.1, -0.05) is 30.7 Å². The Morgan fingerprint density at radius 3 is 2.16 bits per heavy atom. The molecule has 0 unspecified atom stereocenters. The molecule has 1 atom stereocenters. The van der Waals surface area contributed by atoms with Gasteiger partial charge in [0, 0.05) is 13.1 Å². The molecule has 2 aromatic heterocycles. The van der Waals surface area contributed by atoms with Crippen molar-refractivity contribution >= 4 is 11.6 Å². The molecular weight excluding hydrogens is 613 g/mol. The molecule has 3 aromatic rings. The number of pyridine rings is 1. The number of amides is 1. The molecule has 4 bridgehead atoms. The predicted molar refractivity (Wildman–Crippen MR) is 136 cm³/mol. The van der Waals surface area contributed by atoms with Crippen LogP contribution in [0.25, 0.3) is 11.6 Å². The number of nitrogens with zero attached hydrogens (tertiary/aromatic N) is 4. The normalized spacial score (nSPS) is 19.2. The lowest BCUT2D eigenvalue weighted by Crippen LogP contribution is -2.42. The largest absolute Gasteiger partial charge is 0.426 e. The van der Waals surface area contributed by atoms with Crippen LogP contribution in [0, 0.1) is 0 Å². The van der Waals surface area contributed by atoms with Crippen molar-refractivity contribution in [2.75, 3.05) is 12.3 Å². The Morgan fingerprint density at radius 1 is 0.955 bits per heavy atom. The van der Waals surface area contributed by atoms with Gasteiger partial charge in [0.25, 0.3) is 17.7 Å². The summed E-state index contributed by atoms with van der Waals surface area (Å²) >= 11 is 0. The van der Waals surface area contributed by atoms with Gasteiger partial charge in [0.05, 0.1) is 16.7 Å². The number of alkyl halides is 9. The van der Waals surface area contributed by atoms with E-state index in [4.69, 9.17) is 10.2 Å². The van der Waals surface area contributed by atoms with E-state index >= 15 is 0 Å². The fraction of sp³-hybridized carbons (Fsp3) is 0.481. The van der Waals surface area contributed by atoms with Gasteiger partial charge in [0.1, 0.15) is 5.69 Å². The lowest BCUT2D eigenvalue weighted by Gasteiger charge is -2.29. The highest BCUT2D eigenvalue weighted by Crippen LogP contribution is 2.44. The lowest BCUT2D eigenvalue weighted by atomic mass is 9.83. The van der Waals surface area contributed by atoms with Gasteiger partial charge in [-0.05, 0) is 50.3 Å². The number of anilines is 1. The van der Waals surface area contributed by atoms with Crippen molar-refractivity contribution in [3.05, 3.63) is 58.6 Å². The Kier molecular flexibility index (Phi) is 8.43. The van der Waals surface area contributed by atoms with Crippen LogP contribution in [-0.4, -0.2) is 50.0 Å². The van der Waals surface area contributed by atoms with Crippen molar-refractivity contribution < 1.29 is 53.8 Å². The average molecular weight is 640 g/mol. The number of carbonyl (C=O) groups excluding carboxylic acids is 1. The highest BCUT2D eigenvalue weighted by Gasteiger charge is 2.58. The third kappa shape index (κ3) is 6.19. The minimum atomic E-state index is -5.27. The quantitative estimate of drug-likeness (QED) is 0.313. The number of rotatable bonds is 3. The molecule has 0 saturated heterocycles. The molecule has 17 heteroatoms. The summed E-state index contributed by atoms with van der Waals surface area (Å²) in [6, 6.07) is 5.30. The van der Waals surface area contributed by atoms with E-state index in [0.29, 0.717) is 6.07 Å². The highest BCUT2D eigenvalue weighted by atomic mass is 19.4. The smallest absolute Gasteiger partial charge is 0.416 e. The Bertz CT molecular complexity index is 1520. The summed E-state index contributed by atoms with van der Waals surface area (Å²) in [5.74, 6) is -3.37. The predicted octanol–water partition coefficient (Wildman–Crippen LogP) is 6.54. The summed E-state index contributed by atoms with van der Waals surface area (Å²) in [5, 5.41) is 17.2. The Labute approximate surface area is 244 Å². The Balaban J connectivity index is 1.80. The van der Waals surface area contributed by atoms with Gasteiger partial charge in [-0.15, -0.1) is 10.2 Å². The maximum atomic E-state index is 14.1. The van der Waals surface area contributed by atoms with Crippen LogP contribution < -0.4 is 5.73 Å². The first-order chi connectivity index (χ1) is 20.2. The van der Waals surface area contributed by atoms with E-state index in [0.717, 1.165) is 18.7 Å². The van der Waals surface area contributed by atoms with Crippen molar-refractivity contribution in [3.8, 4) is 11.6 Å². The maximum absolute atomic E-state index is 14.1. The molecule has 4 rings (SSSR count). The Morgan fingerprint density at radius 2 is 1.59 bits per heavy atom. The van der Waals surface area contributed by atoms with E-state index < -0.39 is 76.3 Å². The third-order valence-corrected chi connectivity index (χ3v) is 7.52. The van der Waals surface area contributed by atoms with Gasteiger partial charge in [0.2, 0.25) is 5.60 Å². The zero-order valence-corrected chi connectivity index (χ0v) is 23.2. The number of benzene rings is 1. The molecule has 240 valence electrons. The molecule has 0 saturated carbocycles. The molecule has 1 aliphatic heterocycles. The molecule has 1 aromatic carbocycles. The fourth-order valence-electron chi connectivity index (χ4n) is 4.61. The molecule has 0 radical (unpaired) electrons. The van der Waals surface area contributed by atoms with Crippen LogP contribution in [0.15, 0.2) is 34.7 Å². The molecule has 1 aliphatic rings. The van der Waals surface area contributed by atoms with Crippen molar-refractivity contribution in [2.45, 2.75) is 75.6 Å². The van der Waals surface area contributed by atoms with Crippen LogP contribution in [0.5, 0.6) is 0 Å². The minimum absolute atomic E-state index is 0.0167. The maximum Gasteiger partial charge on any atom is 0.426 e. The van der Waals surface area contributed by atoms with Gasteiger partial charge in [-0.2, -0.15) is 39.5 Å². The molecule has 3 N–H and O–H groups in total. The van der Waals surface area contributed by atoms with Crippen molar-refractivity contribution in [1.82, 2.24) is 20.1 Å². The molecule has 44 heavy (non-hydrogen) atoms. The van der Waals surface area contributed by atoms with Crippen LogP contribution in [0.4, 0.5) is 45.2 Å². The van der Waals surface area contributed by atoms with Gasteiger partial charge < -0.3 is 20.2 Å². The molecular formula is C27H26F9N5O3. The van der Waals surface area contributed by atoms with Crippen LogP contribution in [0.2, 0.25) is 0 Å². The molecule has 8 nitrogen and oxygen atoms in total. The van der Waals surface area contributed by atoms with Crippen molar-refractivity contribution in [2.24, 2.45) is 0 Å². The molecule has 0 fully saturated rings. The summed E-state index contributed by atoms with van der Waals surface area (Å²) in [6.45, 7) is 1.31. The number of halogens is 9. The topological polar surface area (TPSA) is 118 Å². The summed E-state index contributed by atoms with van der Waals surface area (Å²) in [4.78, 5) is 18.3. The number of nitrogens with two attached hydrogens (primary N) is 1. The van der Waals surface area contributed by atoms with Gasteiger partial charge in [-0.25, -0.2) is 4.98 Å². The second-order valence-corrected chi connectivity index (χ2v) is 10.9. The lowest BCUT2D eigenvalue weighted by molar-refractivity contribution is -0.277. The fourth-order valence-corrected chi connectivity index (χ4v) is 4.61. The summed E-state index contributed by atoms with van der Waals surface area (Å²) in [7, 11) is 0. The second kappa shape index (κ2) is 11.2. The minimum Gasteiger partial charge on any atom is -0.416 e. The van der Waals surface area contributed by atoms with E-state index in [1.54, 1.807) is 0 Å². The number of aliphatic hydroxyl groups is 1. The second-order valence-electron chi connectivity index (χ2n) is 10.9. The van der Waals surface area contributed by atoms with E-state index in [2.05, 4.69) is 15.2 Å². The standard InChI is InChI=1S/C27H26F9N5O3/c1-23(2,26(31,32)33)15-8-6-14(7-9-15)13-41-11-5-3-4-10-24(43,27(34,35)36)22-40-39-20(44-22)19-17(37)12-16(25(28,29)30)18(38-19)21(41)42/h6-9,12,43H,3-5,10-11,13,37H2,1-2H3/t24-/m1/s1. The summed E-state index contributed by atoms with van der Waals surface area (Å²) < 4.78 is 129. The van der Waals surface area contributed by atoms with Crippen LogP contribution in [0.1, 0.15) is 72.6 Å². The van der Waals surface area contributed by atoms with Crippen LogP contribution in [0.3, 0.4) is 0 Å². The first kappa shape index (κ1) is 33.0. The summed E-state index contributed by atoms with van der Waals surface area (Å²) in [5.41, 5.74) is -4.10. The van der Waals surface area contributed by atoms with E-state index in [1.807, 2.05) is 0 Å². The third-order valence-electron chi connectivity index (χ3n) is 7.52. The molecule has 0 spiro atoms. The zero-order chi connectivity index (χ0) is 32.9. The highest BCUT2D eigenvalue weighted by molar-refractivity contribution is 5.95. The molecule has 1 amide bonds. The van der Waals surface area contributed by atoms with E-state index in [9.17, 15) is 49.4 Å². The first-order valence-electron chi connectivity index (χ1n) is 13.1. The zero-order valence-electron chi connectivity index (χ0n) is 23.2. The van der Waals surface area contributed by atoms with Gasteiger partial charge >= 0.3 is 18.5 Å². The first-order valence-corrected chi connectivity index (χ1v) is 13.1. The van der Waals surface area contributed by atoms with Gasteiger partial charge in [0.15, 0.2) is 5.69 Å². The van der Waals surface area contributed by atoms with Crippen molar-refractivity contribution in [3.63, 3.8) is 0 Å². The number of aromatic nitrogens is 3. The molecule has 0 aliphatic carbocycles.